The minimum Gasteiger partial charge on any atom is -0.361 e. The second-order valence-corrected chi connectivity index (χ2v) is 4.34. The van der Waals surface area contributed by atoms with E-state index in [0.29, 0.717) is 18.3 Å². The van der Waals surface area contributed by atoms with Crippen LogP contribution in [0.25, 0.3) is 0 Å². The fourth-order valence-corrected chi connectivity index (χ4v) is 2.12. The van der Waals surface area contributed by atoms with Crippen LogP contribution in [0.5, 0.6) is 0 Å². The van der Waals surface area contributed by atoms with Gasteiger partial charge in [0.2, 0.25) is 11.8 Å². The molecule has 1 aromatic rings. The van der Waals surface area contributed by atoms with Crippen LogP contribution in [0.3, 0.4) is 0 Å². The van der Waals surface area contributed by atoms with Crippen molar-refractivity contribution in [2.45, 2.75) is 38.6 Å². The quantitative estimate of drug-likeness (QED) is 0.615. The Morgan fingerprint density at radius 2 is 2.22 bits per heavy atom. The molecule has 1 aromatic heterocycles. The summed E-state index contributed by atoms with van der Waals surface area (Å²) in [6.45, 7) is 2.61. The normalized spacial score (nSPS) is 15.6. The Balaban J connectivity index is 2.21. The number of hydrogen-bond donors (Lipinski definition) is 2. The zero-order chi connectivity index (χ0) is 13.0. The van der Waals surface area contributed by atoms with Crippen LogP contribution in [0, 0.1) is 10.1 Å². The standard InChI is InChI=1S/C11H17N5O2/c1-2-12-11-13-7-9(16(17)18)10(15-11)14-8-5-3-4-6-8/h7-8H,2-6H2,1H3,(H2,12,13,14,15). The molecule has 0 aromatic carbocycles. The van der Waals surface area contributed by atoms with Crippen LogP contribution in [0.2, 0.25) is 0 Å². The van der Waals surface area contributed by atoms with Gasteiger partial charge in [-0.25, -0.2) is 4.98 Å². The van der Waals surface area contributed by atoms with Gasteiger partial charge in [-0.2, -0.15) is 4.98 Å². The lowest BCUT2D eigenvalue weighted by molar-refractivity contribution is -0.384. The molecule has 0 atom stereocenters. The Labute approximate surface area is 105 Å². The highest BCUT2D eigenvalue weighted by molar-refractivity contribution is 5.57. The highest BCUT2D eigenvalue weighted by Gasteiger charge is 2.22. The van der Waals surface area contributed by atoms with Gasteiger partial charge in [0.05, 0.1) is 4.92 Å². The molecule has 0 aliphatic heterocycles. The molecule has 0 spiro atoms. The van der Waals surface area contributed by atoms with E-state index in [0.717, 1.165) is 25.7 Å². The Morgan fingerprint density at radius 1 is 1.50 bits per heavy atom. The lowest BCUT2D eigenvalue weighted by Crippen LogP contribution is -2.17. The number of nitrogens with one attached hydrogen (secondary N) is 2. The minimum absolute atomic E-state index is 0.0662. The summed E-state index contributed by atoms with van der Waals surface area (Å²) >= 11 is 0. The number of rotatable bonds is 5. The summed E-state index contributed by atoms with van der Waals surface area (Å²) in [5, 5.41) is 17.0. The summed E-state index contributed by atoms with van der Waals surface area (Å²) in [6.07, 6.45) is 5.66. The molecule has 0 saturated heterocycles. The van der Waals surface area contributed by atoms with E-state index in [1.54, 1.807) is 0 Å². The lowest BCUT2D eigenvalue weighted by atomic mass is 10.2. The van der Waals surface area contributed by atoms with Gasteiger partial charge in [0.15, 0.2) is 0 Å². The smallest absolute Gasteiger partial charge is 0.329 e. The molecule has 98 valence electrons. The van der Waals surface area contributed by atoms with E-state index in [4.69, 9.17) is 0 Å². The molecular weight excluding hydrogens is 234 g/mol. The van der Waals surface area contributed by atoms with Gasteiger partial charge in [0, 0.05) is 12.6 Å². The van der Waals surface area contributed by atoms with E-state index >= 15 is 0 Å². The van der Waals surface area contributed by atoms with Gasteiger partial charge in [0.1, 0.15) is 6.20 Å². The van der Waals surface area contributed by atoms with Crippen LogP contribution in [0.1, 0.15) is 32.6 Å². The minimum atomic E-state index is -0.451. The van der Waals surface area contributed by atoms with Crippen molar-refractivity contribution in [2.75, 3.05) is 17.2 Å². The molecule has 0 amide bonds. The first-order chi connectivity index (χ1) is 8.70. The molecule has 18 heavy (non-hydrogen) atoms. The van der Waals surface area contributed by atoms with Gasteiger partial charge in [-0.3, -0.25) is 10.1 Å². The maximum atomic E-state index is 10.9. The number of aromatic nitrogens is 2. The third-order valence-electron chi connectivity index (χ3n) is 3.00. The zero-order valence-electron chi connectivity index (χ0n) is 10.3. The van der Waals surface area contributed by atoms with Gasteiger partial charge in [0.25, 0.3) is 0 Å². The average Bonchev–Trinajstić information content (AvgIpc) is 2.82. The summed E-state index contributed by atoms with van der Waals surface area (Å²) in [4.78, 5) is 18.6. The van der Waals surface area contributed by atoms with E-state index < -0.39 is 4.92 Å². The van der Waals surface area contributed by atoms with Crippen molar-refractivity contribution in [3.8, 4) is 0 Å². The van der Waals surface area contributed by atoms with Crippen LogP contribution < -0.4 is 10.6 Å². The molecule has 7 nitrogen and oxygen atoms in total. The van der Waals surface area contributed by atoms with Crippen molar-refractivity contribution in [3.63, 3.8) is 0 Å². The van der Waals surface area contributed by atoms with Crippen molar-refractivity contribution in [3.05, 3.63) is 16.3 Å². The van der Waals surface area contributed by atoms with Crippen molar-refractivity contribution in [2.24, 2.45) is 0 Å². The highest BCUT2D eigenvalue weighted by atomic mass is 16.6. The topological polar surface area (TPSA) is 93.0 Å². The highest BCUT2D eigenvalue weighted by Crippen LogP contribution is 2.27. The van der Waals surface area contributed by atoms with Gasteiger partial charge in [-0.05, 0) is 19.8 Å². The molecular formula is C11H17N5O2. The van der Waals surface area contributed by atoms with E-state index in [-0.39, 0.29) is 11.7 Å². The number of hydrogen-bond acceptors (Lipinski definition) is 6. The Kier molecular flexibility index (Phi) is 3.91. The Bertz CT molecular complexity index is 431. The molecule has 7 heteroatoms. The summed E-state index contributed by atoms with van der Waals surface area (Å²) in [5.41, 5.74) is -0.0662. The fraction of sp³-hybridized carbons (Fsp3) is 0.636. The van der Waals surface area contributed by atoms with Crippen molar-refractivity contribution >= 4 is 17.5 Å². The van der Waals surface area contributed by atoms with Gasteiger partial charge in [-0.15, -0.1) is 0 Å². The van der Waals surface area contributed by atoms with Gasteiger partial charge >= 0.3 is 5.69 Å². The van der Waals surface area contributed by atoms with Crippen LogP contribution in [-0.2, 0) is 0 Å². The molecule has 1 aliphatic rings. The second kappa shape index (κ2) is 5.61. The monoisotopic (exact) mass is 251 g/mol. The van der Waals surface area contributed by atoms with E-state index in [1.807, 2.05) is 6.92 Å². The second-order valence-electron chi connectivity index (χ2n) is 4.34. The summed E-state index contributed by atoms with van der Waals surface area (Å²) < 4.78 is 0. The van der Waals surface area contributed by atoms with E-state index in [1.165, 1.54) is 6.20 Å². The third kappa shape index (κ3) is 2.85. The Hall–Kier alpha value is -1.92. The average molecular weight is 251 g/mol. The number of nitro groups is 1. The molecule has 1 aliphatic carbocycles. The summed E-state index contributed by atoms with van der Waals surface area (Å²) in [5.74, 6) is 0.737. The summed E-state index contributed by atoms with van der Waals surface area (Å²) in [6, 6.07) is 0.285. The van der Waals surface area contributed by atoms with Gasteiger partial charge in [-0.1, -0.05) is 12.8 Å². The first-order valence-corrected chi connectivity index (χ1v) is 6.22. The predicted molar refractivity (Wildman–Crippen MR) is 68.7 cm³/mol. The molecule has 1 saturated carbocycles. The first kappa shape index (κ1) is 12.5. The molecule has 0 unspecified atom stereocenters. The molecule has 1 fully saturated rings. The largest absolute Gasteiger partial charge is 0.361 e. The number of anilines is 2. The van der Waals surface area contributed by atoms with E-state index in [2.05, 4.69) is 20.6 Å². The third-order valence-corrected chi connectivity index (χ3v) is 3.00. The van der Waals surface area contributed by atoms with Gasteiger partial charge < -0.3 is 10.6 Å². The molecule has 2 N–H and O–H groups in total. The van der Waals surface area contributed by atoms with Crippen molar-refractivity contribution < 1.29 is 4.92 Å². The van der Waals surface area contributed by atoms with Crippen molar-refractivity contribution in [1.29, 1.82) is 0 Å². The van der Waals surface area contributed by atoms with Crippen molar-refractivity contribution in [1.82, 2.24) is 9.97 Å². The first-order valence-electron chi connectivity index (χ1n) is 6.22. The van der Waals surface area contributed by atoms with E-state index in [9.17, 15) is 10.1 Å². The Morgan fingerprint density at radius 3 is 2.83 bits per heavy atom. The predicted octanol–water partition coefficient (Wildman–Crippen LogP) is 2.17. The SMILES string of the molecule is CCNc1ncc([N+](=O)[O-])c(NC2CCCC2)n1. The zero-order valence-corrected chi connectivity index (χ0v) is 10.3. The molecule has 2 rings (SSSR count). The van der Waals surface area contributed by atoms with Crippen LogP contribution >= 0.6 is 0 Å². The maximum absolute atomic E-state index is 10.9. The van der Waals surface area contributed by atoms with Crippen LogP contribution in [0.4, 0.5) is 17.5 Å². The maximum Gasteiger partial charge on any atom is 0.329 e. The number of nitrogens with zero attached hydrogens (tertiary/aromatic N) is 3. The molecule has 0 bridgehead atoms. The lowest BCUT2D eigenvalue weighted by Gasteiger charge is -2.13. The molecule has 0 radical (unpaired) electrons. The van der Waals surface area contributed by atoms with Crippen LogP contribution in [-0.4, -0.2) is 27.5 Å². The van der Waals surface area contributed by atoms with Crippen LogP contribution in [0.15, 0.2) is 6.20 Å². The summed E-state index contributed by atoms with van der Waals surface area (Å²) in [7, 11) is 0. The molecule has 1 heterocycles. The fourth-order valence-electron chi connectivity index (χ4n) is 2.12.